The number of benzene rings is 2. The molecule has 3 aromatic rings. The van der Waals surface area contributed by atoms with Crippen LogP contribution in [0.5, 0.6) is 5.75 Å². The molecular weight excluding hydrogens is 370 g/mol. The first kappa shape index (κ1) is 18.7. The molecule has 146 valence electrons. The van der Waals surface area contributed by atoms with Gasteiger partial charge in [0.2, 0.25) is 0 Å². The van der Waals surface area contributed by atoms with Gasteiger partial charge in [-0.2, -0.15) is 0 Å². The molecule has 0 bridgehead atoms. The third-order valence-electron chi connectivity index (χ3n) is 5.10. The van der Waals surface area contributed by atoms with E-state index in [4.69, 9.17) is 9.72 Å². The second-order valence-electron chi connectivity index (χ2n) is 7.39. The Kier molecular flexibility index (Phi) is 5.22. The van der Waals surface area contributed by atoms with Crippen molar-refractivity contribution in [3.63, 3.8) is 0 Å². The summed E-state index contributed by atoms with van der Waals surface area (Å²) in [7, 11) is 0. The molecule has 0 aliphatic carbocycles. The Morgan fingerprint density at radius 2 is 1.75 bits per heavy atom. The molecule has 0 unspecified atom stereocenters. The normalized spacial score (nSPS) is 14.5. The number of anilines is 1. The lowest BCUT2D eigenvalue weighted by Crippen LogP contribution is -2.50. The summed E-state index contributed by atoms with van der Waals surface area (Å²) in [6.45, 7) is 9.35. The summed E-state index contributed by atoms with van der Waals surface area (Å²) < 4.78 is 6.87. The number of hydrogen-bond donors (Lipinski definition) is 0. The predicted molar refractivity (Wildman–Crippen MR) is 115 cm³/mol. The first-order valence-electron chi connectivity index (χ1n) is 9.59. The molecular formula is C22H25N3O2S. The number of carbonyl (C=O) groups is 1. The summed E-state index contributed by atoms with van der Waals surface area (Å²) in [5, 5.41) is 1.05. The molecule has 6 heteroatoms. The third kappa shape index (κ3) is 3.97. The fourth-order valence-electron chi connectivity index (χ4n) is 3.51. The number of aromatic nitrogens is 1. The molecule has 28 heavy (non-hydrogen) atoms. The van der Waals surface area contributed by atoms with Crippen LogP contribution in [0.15, 0.2) is 36.4 Å². The minimum Gasteiger partial charge on any atom is -0.484 e. The zero-order chi connectivity index (χ0) is 19.7. The molecule has 0 radical (unpaired) electrons. The summed E-state index contributed by atoms with van der Waals surface area (Å²) >= 11 is 1.74. The van der Waals surface area contributed by atoms with Crippen molar-refractivity contribution < 1.29 is 9.53 Å². The van der Waals surface area contributed by atoms with Crippen molar-refractivity contribution >= 4 is 32.6 Å². The highest BCUT2D eigenvalue weighted by molar-refractivity contribution is 7.22. The Morgan fingerprint density at radius 3 is 2.46 bits per heavy atom. The highest BCUT2D eigenvalue weighted by Crippen LogP contribution is 2.32. The zero-order valence-corrected chi connectivity index (χ0v) is 17.4. The Bertz CT molecular complexity index is 989. The highest BCUT2D eigenvalue weighted by Gasteiger charge is 2.23. The molecule has 0 spiro atoms. The molecule has 0 atom stereocenters. The number of ether oxygens (including phenoxy) is 1. The molecule has 1 aromatic heterocycles. The van der Waals surface area contributed by atoms with Crippen LogP contribution in [0.4, 0.5) is 5.13 Å². The molecule has 5 nitrogen and oxygen atoms in total. The van der Waals surface area contributed by atoms with Gasteiger partial charge in [-0.15, -0.1) is 0 Å². The third-order valence-corrected chi connectivity index (χ3v) is 6.17. The minimum absolute atomic E-state index is 0.0380. The summed E-state index contributed by atoms with van der Waals surface area (Å²) in [6.07, 6.45) is 0. The molecule has 1 aliphatic heterocycles. The summed E-state index contributed by atoms with van der Waals surface area (Å²) in [5.74, 6) is 0.772. The number of amides is 1. The van der Waals surface area contributed by atoms with Gasteiger partial charge in [0, 0.05) is 26.2 Å². The van der Waals surface area contributed by atoms with Crippen LogP contribution in [-0.4, -0.2) is 48.6 Å². The van der Waals surface area contributed by atoms with Gasteiger partial charge in [0.05, 0.1) is 10.2 Å². The van der Waals surface area contributed by atoms with Crippen molar-refractivity contribution in [2.45, 2.75) is 20.8 Å². The molecule has 4 rings (SSSR count). The maximum Gasteiger partial charge on any atom is 0.260 e. The summed E-state index contributed by atoms with van der Waals surface area (Å²) in [6, 6.07) is 12.1. The van der Waals surface area contributed by atoms with E-state index in [2.05, 4.69) is 30.9 Å². The van der Waals surface area contributed by atoms with Gasteiger partial charge < -0.3 is 14.5 Å². The second kappa shape index (κ2) is 7.80. The van der Waals surface area contributed by atoms with E-state index >= 15 is 0 Å². The Morgan fingerprint density at radius 1 is 1.04 bits per heavy atom. The van der Waals surface area contributed by atoms with Gasteiger partial charge >= 0.3 is 0 Å². The van der Waals surface area contributed by atoms with Gasteiger partial charge in [-0.1, -0.05) is 35.1 Å². The van der Waals surface area contributed by atoms with E-state index in [0.29, 0.717) is 13.1 Å². The summed E-state index contributed by atoms with van der Waals surface area (Å²) in [4.78, 5) is 21.5. The SMILES string of the molecule is Cc1ccc(OCC(=O)N2CCN(c3nc4c(C)cc(C)cc4s3)CC2)cc1. The number of piperazine rings is 1. The van der Waals surface area contributed by atoms with Gasteiger partial charge in [0.15, 0.2) is 11.7 Å². The van der Waals surface area contributed by atoms with E-state index < -0.39 is 0 Å². The van der Waals surface area contributed by atoms with Gasteiger partial charge in [0.25, 0.3) is 5.91 Å². The number of nitrogens with zero attached hydrogens (tertiary/aromatic N) is 3. The number of fused-ring (bicyclic) bond motifs is 1. The monoisotopic (exact) mass is 395 g/mol. The largest absolute Gasteiger partial charge is 0.484 e. The van der Waals surface area contributed by atoms with Crippen LogP contribution in [0.3, 0.4) is 0 Å². The minimum atomic E-state index is 0.0380. The van der Waals surface area contributed by atoms with Crippen LogP contribution >= 0.6 is 11.3 Å². The molecule has 1 aliphatic rings. The Hall–Kier alpha value is -2.60. The smallest absolute Gasteiger partial charge is 0.260 e. The number of hydrogen-bond acceptors (Lipinski definition) is 5. The molecule has 1 fully saturated rings. The first-order chi connectivity index (χ1) is 13.5. The van der Waals surface area contributed by atoms with Crippen molar-refractivity contribution in [1.29, 1.82) is 0 Å². The van der Waals surface area contributed by atoms with Crippen LogP contribution in [-0.2, 0) is 4.79 Å². The number of rotatable bonds is 4. The topological polar surface area (TPSA) is 45.7 Å². The van der Waals surface area contributed by atoms with E-state index in [1.54, 1.807) is 11.3 Å². The standard InChI is InChI=1S/C22H25N3O2S/c1-15-4-6-18(7-5-15)27-14-20(26)24-8-10-25(11-9-24)22-23-21-17(3)12-16(2)13-19(21)28-22/h4-7,12-13H,8-11,14H2,1-3H3. The van der Waals surface area contributed by atoms with E-state index in [-0.39, 0.29) is 12.5 Å². The average molecular weight is 396 g/mol. The lowest BCUT2D eigenvalue weighted by atomic mass is 10.1. The Labute approximate surface area is 169 Å². The summed E-state index contributed by atoms with van der Waals surface area (Å²) in [5.41, 5.74) is 4.76. The molecule has 0 saturated carbocycles. The molecule has 0 N–H and O–H groups in total. The van der Waals surface area contributed by atoms with Crippen molar-refractivity contribution in [3.8, 4) is 5.75 Å². The quantitative estimate of drug-likeness (QED) is 0.671. The van der Waals surface area contributed by atoms with Crippen LogP contribution in [0.25, 0.3) is 10.2 Å². The maximum atomic E-state index is 12.5. The molecule has 1 amide bonds. The van der Waals surface area contributed by atoms with Crippen molar-refractivity contribution in [2.75, 3.05) is 37.7 Å². The van der Waals surface area contributed by atoms with E-state index in [1.807, 2.05) is 36.1 Å². The van der Waals surface area contributed by atoms with Crippen molar-refractivity contribution in [1.82, 2.24) is 9.88 Å². The second-order valence-corrected chi connectivity index (χ2v) is 8.40. The van der Waals surface area contributed by atoms with E-state index in [0.717, 1.165) is 29.5 Å². The van der Waals surface area contributed by atoms with Crippen LogP contribution in [0, 0.1) is 20.8 Å². The van der Waals surface area contributed by atoms with Crippen LogP contribution < -0.4 is 9.64 Å². The maximum absolute atomic E-state index is 12.5. The van der Waals surface area contributed by atoms with Gasteiger partial charge in [-0.3, -0.25) is 4.79 Å². The molecule has 2 aromatic carbocycles. The number of aryl methyl sites for hydroxylation is 3. The lowest BCUT2D eigenvalue weighted by molar-refractivity contribution is -0.133. The van der Waals surface area contributed by atoms with E-state index in [9.17, 15) is 4.79 Å². The van der Waals surface area contributed by atoms with Gasteiger partial charge in [-0.05, 0) is 50.1 Å². The lowest BCUT2D eigenvalue weighted by Gasteiger charge is -2.34. The average Bonchev–Trinajstić information content (AvgIpc) is 3.12. The van der Waals surface area contributed by atoms with Crippen LogP contribution in [0.2, 0.25) is 0 Å². The van der Waals surface area contributed by atoms with Gasteiger partial charge in [0.1, 0.15) is 5.75 Å². The van der Waals surface area contributed by atoms with E-state index in [1.165, 1.54) is 21.4 Å². The fraction of sp³-hybridized carbons (Fsp3) is 0.364. The van der Waals surface area contributed by atoms with Crippen molar-refractivity contribution in [2.24, 2.45) is 0 Å². The van der Waals surface area contributed by atoms with Crippen molar-refractivity contribution in [3.05, 3.63) is 53.1 Å². The fourth-order valence-corrected chi connectivity index (χ4v) is 4.71. The highest BCUT2D eigenvalue weighted by atomic mass is 32.1. The van der Waals surface area contributed by atoms with Crippen LogP contribution in [0.1, 0.15) is 16.7 Å². The molecule has 2 heterocycles. The molecule has 1 saturated heterocycles. The Balaban J connectivity index is 1.34. The zero-order valence-electron chi connectivity index (χ0n) is 16.6. The predicted octanol–water partition coefficient (Wildman–Crippen LogP) is 3.95. The number of carbonyl (C=O) groups excluding carboxylic acids is 1. The van der Waals surface area contributed by atoms with Gasteiger partial charge in [-0.25, -0.2) is 4.98 Å². The number of thiazole rings is 1. The first-order valence-corrected chi connectivity index (χ1v) is 10.4.